The Balaban J connectivity index is 2.02. The van der Waals surface area contributed by atoms with E-state index < -0.39 is 6.08 Å². The average molecular weight is 306 g/mol. The van der Waals surface area contributed by atoms with Crippen LogP contribution in [0.15, 0.2) is 91.0 Å². The molecule has 3 rings (SSSR count). The van der Waals surface area contributed by atoms with Crippen LogP contribution in [0.25, 0.3) is 16.7 Å². The number of benzene rings is 3. The van der Waals surface area contributed by atoms with Crippen molar-refractivity contribution in [2.45, 2.75) is 6.42 Å². The van der Waals surface area contributed by atoms with Gasteiger partial charge in [0.2, 0.25) is 0 Å². The van der Waals surface area contributed by atoms with Gasteiger partial charge >= 0.3 is 0 Å². The second-order valence-electron chi connectivity index (χ2n) is 5.30. The van der Waals surface area contributed by atoms with Gasteiger partial charge in [-0.25, -0.2) is 0 Å². The smallest absolute Gasteiger partial charge is 0.173 e. The van der Waals surface area contributed by atoms with Crippen LogP contribution in [-0.4, -0.2) is 0 Å². The lowest BCUT2D eigenvalue weighted by atomic mass is 9.93. The normalized spacial score (nSPS) is 10.3. The molecule has 0 amide bonds. The molecule has 0 atom stereocenters. The van der Waals surface area contributed by atoms with Crippen molar-refractivity contribution in [1.29, 1.82) is 0 Å². The number of rotatable bonds is 4. The minimum atomic E-state index is -1.63. The second-order valence-corrected chi connectivity index (χ2v) is 5.30. The summed E-state index contributed by atoms with van der Waals surface area (Å²) in [7, 11) is 0. The molecule has 3 aromatic rings. The zero-order valence-corrected chi connectivity index (χ0v) is 12.5. The van der Waals surface area contributed by atoms with Crippen molar-refractivity contribution in [3.63, 3.8) is 0 Å². The fourth-order valence-electron chi connectivity index (χ4n) is 2.68. The van der Waals surface area contributed by atoms with E-state index in [2.05, 4.69) is 0 Å². The first-order chi connectivity index (χ1) is 11.3. The largest absolute Gasteiger partial charge is 0.274 e. The molecule has 2 heteroatoms. The van der Waals surface area contributed by atoms with E-state index in [4.69, 9.17) is 0 Å². The van der Waals surface area contributed by atoms with Gasteiger partial charge in [-0.05, 0) is 22.3 Å². The highest BCUT2D eigenvalue weighted by Gasteiger charge is 2.13. The molecule has 0 aromatic heterocycles. The van der Waals surface area contributed by atoms with Crippen LogP contribution < -0.4 is 0 Å². The minimum absolute atomic E-state index is 0.0778. The summed E-state index contributed by atoms with van der Waals surface area (Å²) in [5.74, 6) is 0. The van der Waals surface area contributed by atoms with Crippen molar-refractivity contribution in [1.82, 2.24) is 0 Å². The van der Waals surface area contributed by atoms with Gasteiger partial charge in [0.25, 0.3) is 6.08 Å². The molecule has 23 heavy (non-hydrogen) atoms. The summed E-state index contributed by atoms with van der Waals surface area (Å²) < 4.78 is 27.0. The summed E-state index contributed by atoms with van der Waals surface area (Å²) in [6.07, 6.45) is -1.42. The molecule has 0 radical (unpaired) electrons. The Kier molecular flexibility index (Phi) is 4.62. The SMILES string of the molecule is FC(F)=C(Cc1ccccc1-c1ccccc1)c1ccccc1. The zero-order chi connectivity index (χ0) is 16.1. The molecule has 0 aliphatic heterocycles. The van der Waals surface area contributed by atoms with Crippen LogP contribution in [0.4, 0.5) is 8.78 Å². The van der Waals surface area contributed by atoms with Crippen LogP contribution in [-0.2, 0) is 6.42 Å². The molecule has 0 bridgehead atoms. The maximum Gasteiger partial charge on any atom is 0.274 e. The number of allylic oxidation sites excluding steroid dienone is 1. The Morgan fingerprint density at radius 3 is 1.87 bits per heavy atom. The number of halogens is 2. The Labute approximate surface area is 134 Å². The van der Waals surface area contributed by atoms with Crippen molar-refractivity contribution in [2.24, 2.45) is 0 Å². The maximum absolute atomic E-state index is 13.5. The van der Waals surface area contributed by atoms with E-state index in [1.165, 1.54) is 0 Å². The fraction of sp³-hybridized carbons (Fsp3) is 0.0476. The molecule has 114 valence electrons. The summed E-state index contributed by atoms with van der Waals surface area (Å²) >= 11 is 0. The number of hydrogen-bond acceptors (Lipinski definition) is 0. The summed E-state index contributed by atoms with van der Waals surface area (Å²) in [5.41, 5.74) is 3.56. The molecule has 0 heterocycles. The highest BCUT2D eigenvalue weighted by atomic mass is 19.3. The lowest BCUT2D eigenvalue weighted by Gasteiger charge is -2.12. The van der Waals surface area contributed by atoms with Crippen LogP contribution in [0.2, 0.25) is 0 Å². The van der Waals surface area contributed by atoms with Gasteiger partial charge in [0.05, 0.1) is 0 Å². The van der Waals surface area contributed by atoms with Crippen molar-refractivity contribution in [2.75, 3.05) is 0 Å². The topological polar surface area (TPSA) is 0 Å². The zero-order valence-electron chi connectivity index (χ0n) is 12.5. The van der Waals surface area contributed by atoms with E-state index in [-0.39, 0.29) is 12.0 Å². The van der Waals surface area contributed by atoms with Gasteiger partial charge in [0, 0.05) is 12.0 Å². The van der Waals surface area contributed by atoms with Crippen LogP contribution in [0.5, 0.6) is 0 Å². The van der Waals surface area contributed by atoms with Gasteiger partial charge in [-0.1, -0.05) is 84.9 Å². The fourth-order valence-corrected chi connectivity index (χ4v) is 2.68. The Morgan fingerprint density at radius 2 is 1.22 bits per heavy atom. The predicted molar refractivity (Wildman–Crippen MR) is 91.2 cm³/mol. The van der Waals surface area contributed by atoms with E-state index in [1.54, 1.807) is 24.3 Å². The Hall–Kier alpha value is -2.74. The van der Waals surface area contributed by atoms with Gasteiger partial charge < -0.3 is 0 Å². The van der Waals surface area contributed by atoms with Crippen molar-refractivity contribution in [3.05, 3.63) is 102 Å². The molecule has 0 N–H and O–H groups in total. The summed E-state index contributed by atoms with van der Waals surface area (Å²) in [6, 6.07) is 26.4. The first kappa shape index (κ1) is 15.2. The van der Waals surface area contributed by atoms with E-state index in [0.29, 0.717) is 5.56 Å². The van der Waals surface area contributed by atoms with E-state index >= 15 is 0 Å². The Morgan fingerprint density at radius 1 is 0.652 bits per heavy atom. The predicted octanol–water partition coefficient (Wildman–Crippen LogP) is 6.20. The van der Waals surface area contributed by atoms with E-state index in [0.717, 1.165) is 16.7 Å². The molecule has 0 saturated carbocycles. The molecule has 0 aliphatic rings. The van der Waals surface area contributed by atoms with Crippen LogP contribution in [0.1, 0.15) is 11.1 Å². The van der Waals surface area contributed by atoms with E-state index in [1.807, 2.05) is 60.7 Å². The monoisotopic (exact) mass is 306 g/mol. The van der Waals surface area contributed by atoms with Gasteiger partial charge in [-0.2, -0.15) is 8.78 Å². The van der Waals surface area contributed by atoms with E-state index in [9.17, 15) is 8.78 Å². The molecular formula is C21H16F2. The third kappa shape index (κ3) is 3.54. The lowest BCUT2D eigenvalue weighted by molar-refractivity contribution is 0.424. The molecular weight excluding hydrogens is 290 g/mol. The quantitative estimate of drug-likeness (QED) is 0.538. The van der Waals surface area contributed by atoms with Crippen LogP contribution >= 0.6 is 0 Å². The van der Waals surface area contributed by atoms with Crippen LogP contribution in [0.3, 0.4) is 0 Å². The third-order valence-electron chi connectivity index (χ3n) is 3.82. The average Bonchev–Trinajstić information content (AvgIpc) is 2.61. The van der Waals surface area contributed by atoms with Gasteiger partial charge in [-0.3, -0.25) is 0 Å². The minimum Gasteiger partial charge on any atom is -0.173 e. The van der Waals surface area contributed by atoms with Crippen molar-refractivity contribution < 1.29 is 8.78 Å². The number of hydrogen-bond donors (Lipinski definition) is 0. The molecule has 0 unspecified atom stereocenters. The van der Waals surface area contributed by atoms with Crippen molar-refractivity contribution in [3.8, 4) is 11.1 Å². The maximum atomic E-state index is 13.5. The molecule has 0 fully saturated rings. The molecule has 0 nitrogen and oxygen atoms in total. The highest BCUT2D eigenvalue weighted by Crippen LogP contribution is 2.30. The summed E-state index contributed by atoms with van der Waals surface area (Å²) in [5, 5.41) is 0. The molecule has 0 aliphatic carbocycles. The van der Waals surface area contributed by atoms with Crippen LogP contribution in [0, 0.1) is 0 Å². The summed E-state index contributed by atoms with van der Waals surface area (Å²) in [6.45, 7) is 0. The first-order valence-corrected chi connectivity index (χ1v) is 7.48. The second kappa shape index (κ2) is 7.01. The molecule has 3 aromatic carbocycles. The van der Waals surface area contributed by atoms with Crippen molar-refractivity contribution >= 4 is 5.57 Å². The third-order valence-corrected chi connectivity index (χ3v) is 3.82. The molecule has 0 saturated heterocycles. The van der Waals surface area contributed by atoms with Gasteiger partial charge in [-0.15, -0.1) is 0 Å². The molecule has 0 spiro atoms. The highest BCUT2D eigenvalue weighted by molar-refractivity contribution is 5.74. The lowest BCUT2D eigenvalue weighted by Crippen LogP contribution is -1.95. The Bertz CT molecular complexity index is 802. The standard InChI is InChI=1S/C21H16F2/c22-21(23)20(17-11-5-2-6-12-17)15-18-13-7-8-14-19(18)16-9-3-1-4-10-16/h1-14H,15H2. The van der Waals surface area contributed by atoms with Gasteiger partial charge in [0.15, 0.2) is 0 Å². The summed E-state index contributed by atoms with van der Waals surface area (Å²) in [4.78, 5) is 0. The van der Waals surface area contributed by atoms with Gasteiger partial charge in [0.1, 0.15) is 0 Å². The first-order valence-electron chi connectivity index (χ1n) is 7.48.